The van der Waals surface area contributed by atoms with Gasteiger partial charge < -0.3 is 9.64 Å². The van der Waals surface area contributed by atoms with Crippen molar-refractivity contribution in [2.75, 3.05) is 32.8 Å². The van der Waals surface area contributed by atoms with Crippen LogP contribution in [-0.2, 0) is 11.3 Å². The van der Waals surface area contributed by atoms with Crippen molar-refractivity contribution < 1.29 is 9.53 Å². The Morgan fingerprint density at radius 2 is 1.85 bits per heavy atom. The molecule has 0 bridgehead atoms. The maximum Gasteiger partial charge on any atom is 0.222 e. The number of hydrogen-bond donors (Lipinski definition) is 0. The first-order valence-corrected chi connectivity index (χ1v) is 9.31. The molecule has 0 N–H and O–H groups in total. The molecule has 0 spiro atoms. The third-order valence-electron chi connectivity index (χ3n) is 4.72. The van der Waals surface area contributed by atoms with E-state index >= 15 is 0 Å². The van der Waals surface area contributed by atoms with Crippen LogP contribution in [-0.4, -0.2) is 53.5 Å². The van der Waals surface area contributed by atoms with E-state index in [1.807, 2.05) is 60.5 Å². The number of carbonyl (C=O) groups is 1. The van der Waals surface area contributed by atoms with E-state index in [1.165, 1.54) is 0 Å². The number of piperazine rings is 1. The number of hydrogen-bond acceptors (Lipinski definition) is 4. The fraction of sp³-hybridized carbons (Fsp3) is 0.429. The summed E-state index contributed by atoms with van der Waals surface area (Å²) in [6.07, 6.45) is 3.13. The largest absolute Gasteiger partial charge is 0.493 e. The normalized spacial score (nSPS) is 15.0. The first-order chi connectivity index (χ1) is 12.7. The first kappa shape index (κ1) is 18.4. The molecule has 5 nitrogen and oxygen atoms in total. The molecule has 1 aliphatic heterocycles. The molecule has 0 atom stereocenters. The fourth-order valence-electron chi connectivity index (χ4n) is 3.16. The van der Waals surface area contributed by atoms with Crippen LogP contribution in [0.25, 0.3) is 0 Å². The lowest BCUT2D eigenvalue weighted by molar-refractivity contribution is -0.133. The molecular weight excluding hydrogens is 326 g/mol. The molecule has 1 aromatic carbocycles. The topological polar surface area (TPSA) is 45.7 Å². The zero-order valence-electron chi connectivity index (χ0n) is 15.4. The van der Waals surface area contributed by atoms with Gasteiger partial charge in [-0.15, -0.1) is 0 Å². The first-order valence-electron chi connectivity index (χ1n) is 9.31. The minimum Gasteiger partial charge on any atom is -0.493 e. The molecule has 1 saturated heterocycles. The minimum atomic E-state index is 0.232. The number of ether oxygens (including phenoxy) is 1. The molecule has 0 saturated carbocycles. The van der Waals surface area contributed by atoms with Crippen LogP contribution in [0.5, 0.6) is 5.75 Å². The van der Waals surface area contributed by atoms with Gasteiger partial charge in [0, 0.05) is 45.3 Å². The Balaban J connectivity index is 1.34. The number of aromatic nitrogens is 1. The van der Waals surface area contributed by atoms with Gasteiger partial charge in [0.2, 0.25) is 5.91 Å². The van der Waals surface area contributed by atoms with Gasteiger partial charge in [-0.3, -0.25) is 14.7 Å². The summed E-state index contributed by atoms with van der Waals surface area (Å²) in [4.78, 5) is 21.1. The second-order valence-electron chi connectivity index (χ2n) is 6.70. The Labute approximate surface area is 155 Å². The highest BCUT2D eigenvalue weighted by Crippen LogP contribution is 2.16. The van der Waals surface area contributed by atoms with Gasteiger partial charge in [0.05, 0.1) is 12.3 Å². The van der Waals surface area contributed by atoms with E-state index in [4.69, 9.17) is 4.74 Å². The van der Waals surface area contributed by atoms with Crippen LogP contribution in [0, 0.1) is 6.92 Å². The smallest absolute Gasteiger partial charge is 0.222 e. The highest BCUT2D eigenvalue weighted by molar-refractivity contribution is 5.76. The summed E-state index contributed by atoms with van der Waals surface area (Å²) >= 11 is 0. The predicted molar refractivity (Wildman–Crippen MR) is 102 cm³/mol. The van der Waals surface area contributed by atoms with Crippen molar-refractivity contribution in [3.05, 3.63) is 59.9 Å². The average Bonchev–Trinajstić information content (AvgIpc) is 2.68. The number of amides is 1. The lowest BCUT2D eigenvalue weighted by Gasteiger charge is -2.34. The third kappa shape index (κ3) is 5.30. The van der Waals surface area contributed by atoms with Crippen LogP contribution in [0.15, 0.2) is 48.7 Å². The molecule has 1 aromatic heterocycles. The molecular formula is C21H27N3O2. The lowest BCUT2D eigenvalue weighted by Crippen LogP contribution is -2.48. The molecule has 1 aliphatic rings. The monoisotopic (exact) mass is 353 g/mol. The van der Waals surface area contributed by atoms with Crippen molar-refractivity contribution in [1.29, 1.82) is 0 Å². The molecule has 0 aliphatic carbocycles. The van der Waals surface area contributed by atoms with Crippen molar-refractivity contribution in [2.45, 2.75) is 26.3 Å². The SMILES string of the molecule is Cc1ccccc1OCCCC(=O)N1CCN(Cc2ccccn2)CC1. The van der Waals surface area contributed by atoms with Crippen LogP contribution < -0.4 is 4.74 Å². The summed E-state index contributed by atoms with van der Waals surface area (Å²) < 4.78 is 5.77. The van der Waals surface area contributed by atoms with Crippen LogP contribution in [0.4, 0.5) is 0 Å². The van der Waals surface area contributed by atoms with E-state index in [0.717, 1.165) is 56.2 Å². The molecule has 2 aromatic rings. The standard InChI is InChI=1S/C21H27N3O2/c1-18-7-2-3-9-20(18)26-16-6-10-21(25)24-14-12-23(13-15-24)17-19-8-4-5-11-22-19/h2-5,7-9,11H,6,10,12-17H2,1H3. The van der Waals surface area contributed by atoms with E-state index < -0.39 is 0 Å². The molecule has 3 rings (SSSR count). The number of benzene rings is 1. The maximum absolute atomic E-state index is 12.4. The summed E-state index contributed by atoms with van der Waals surface area (Å²) in [7, 11) is 0. The number of rotatable bonds is 7. The van der Waals surface area contributed by atoms with Gasteiger partial charge in [-0.25, -0.2) is 0 Å². The van der Waals surface area contributed by atoms with E-state index in [-0.39, 0.29) is 5.91 Å². The van der Waals surface area contributed by atoms with Gasteiger partial charge in [0.15, 0.2) is 0 Å². The minimum absolute atomic E-state index is 0.232. The number of para-hydroxylation sites is 1. The highest BCUT2D eigenvalue weighted by atomic mass is 16.5. The molecule has 26 heavy (non-hydrogen) atoms. The quantitative estimate of drug-likeness (QED) is 0.718. The highest BCUT2D eigenvalue weighted by Gasteiger charge is 2.20. The number of nitrogens with zero attached hydrogens (tertiary/aromatic N) is 3. The molecule has 5 heteroatoms. The second kappa shape index (κ2) is 9.34. The van der Waals surface area contributed by atoms with Gasteiger partial charge in [0.1, 0.15) is 5.75 Å². The van der Waals surface area contributed by atoms with Crippen LogP contribution in [0.3, 0.4) is 0 Å². The second-order valence-corrected chi connectivity index (χ2v) is 6.70. The number of pyridine rings is 1. The summed E-state index contributed by atoms with van der Waals surface area (Å²) in [6, 6.07) is 14.0. The lowest BCUT2D eigenvalue weighted by atomic mass is 10.2. The predicted octanol–water partition coefficient (Wildman–Crippen LogP) is 2.89. The summed E-state index contributed by atoms with van der Waals surface area (Å²) in [5, 5.41) is 0. The Morgan fingerprint density at radius 3 is 2.58 bits per heavy atom. The Morgan fingerprint density at radius 1 is 1.08 bits per heavy atom. The van der Waals surface area contributed by atoms with Crippen molar-refractivity contribution >= 4 is 5.91 Å². The third-order valence-corrected chi connectivity index (χ3v) is 4.72. The molecule has 1 fully saturated rings. The van der Waals surface area contributed by atoms with E-state index in [1.54, 1.807) is 0 Å². The number of aryl methyl sites for hydroxylation is 1. The van der Waals surface area contributed by atoms with Crippen molar-refractivity contribution in [2.24, 2.45) is 0 Å². The van der Waals surface area contributed by atoms with Crippen molar-refractivity contribution in [1.82, 2.24) is 14.8 Å². The molecule has 138 valence electrons. The van der Waals surface area contributed by atoms with Gasteiger partial charge in [-0.1, -0.05) is 24.3 Å². The summed E-state index contributed by atoms with van der Waals surface area (Å²) in [6.45, 7) is 6.87. The zero-order valence-corrected chi connectivity index (χ0v) is 15.4. The van der Waals surface area contributed by atoms with Crippen molar-refractivity contribution in [3.8, 4) is 5.75 Å². The zero-order chi connectivity index (χ0) is 18.2. The van der Waals surface area contributed by atoms with Crippen LogP contribution in [0.1, 0.15) is 24.1 Å². The molecule has 2 heterocycles. The Kier molecular flexibility index (Phi) is 6.61. The average molecular weight is 353 g/mol. The van der Waals surface area contributed by atoms with E-state index in [0.29, 0.717) is 13.0 Å². The van der Waals surface area contributed by atoms with Crippen LogP contribution >= 0.6 is 0 Å². The van der Waals surface area contributed by atoms with Crippen LogP contribution in [0.2, 0.25) is 0 Å². The molecule has 1 amide bonds. The van der Waals surface area contributed by atoms with Gasteiger partial charge >= 0.3 is 0 Å². The van der Waals surface area contributed by atoms with Crippen molar-refractivity contribution in [3.63, 3.8) is 0 Å². The van der Waals surface area contributed by atoms with Gasteiger partial charge in [-0.05, 0) is 37.1 Å². The van der Waals surface area contributed by atoms with Gasteiger partial charge in [0.25, 0.3) is 0 Å². The van der Waals surface area contributed by atoms with Gasteiger partial charge in [-0.2, -0.15) is 0 Å². The molecule has 0 radical (unpaired) electrons. The van der Waals surface area contributed by atoms with E-state index in [9.17, 15) is 4.79 Å². The fourth-order valence-corrected chi connectivity index (χ4v) is 3.16. The summed E-state index contributed by atoms with van der Waals surface area (Å²) in [5.41, 5.74) is 2.21. The Hall–Kier alpha value is -2.40. The molecule has 0 unspecified atom stereocenters. The maximum atomic E-state index is 12.4. The number of carbonyl (C=O) groups excluding carboxylic acids is 1. The van der Waals surface area contributed by atoms with E-state index in [2.05, 4.69) is 9.88 Å². The summed E-state index contributed by atoms with van der Waals surface area (Å²) in [5.74, 6) is 1.14. The Bertz CT molecular complexity index is 697.